The summed E-state index contributed by atoms with van der Waals surface area (Å²) in [4.78, 5) is 4.33. The van der Waals surface area contributed by atoms with E-state index in [-0.39, 0.29) is 6.61 Å². The molecule has 0 saturated carbocycles. The summed E-state index contributed by atoms with van der Waals surface area (Å²) in [5, 5.41) is 19.8. The fraction of sp³-hybridized carbons (Fsp3) is 0.182. The largest absolute Gasteiger partial charge is 0.394 e. The number of thioether (sulfide) groups is 1. The van der Waals surface area contributed by atoms with Crippen LogP contribution in [0.5, 0.6) is 0 Å². The average molecular weight is 378 g/mol. The lowest BCUT2D eigenvalue weighted by Crippen LogP contribution is -2.14. The SMILES string of the molecule is Cn1cc(-c2c[nH]cc2-c2cccc(SC[C@H](O)CO)c2)c2ccccc21. The molecule has 138 valence electrons. The number of hydrogen-bond donors (Lipinski definition) is 3. The molecule has 4 nitrogen and oxygen atoms in total. The van der Waals surface area contributed by atoms with E-state index in [1.54, 1.807) is 11.8 Å². The van der Waals surface area contributed by atoms with Gasteiger partial charge in [-0.05, 0) is 23.8 Å². The molecule has 27 heavy (non-hydrogen) atoms. The van der Waals surface area contributed by atoms with Crippen molar-refractivity contribution in [1.82, 2.24) is 9.55 Å². The number of aromatic amines is 1. The minimum atomic E-state index is -0.697. The summed E-state index contributed by atoms with van der Waals surface area (Å²) in [5.41, 5.74) is 5.86. The van der Waals surface area contributed by atoms with Crippen LogP contribution in [0.4, 0.5) is 0 Å². The summed E-state index contributed by atoms with van der Waals surface area (Å²) in [7, 11) is 2.07. The van der Waals surface area contributed by atoms with Crippen molar-refractivity contribution in [2.24, 2.45) is 7.05 Å². The summed E-state index contributed by atoms with van der Waals surface area (Å²) >= 11 is 1.55. The van der Waals surface area contributed by atoms with E-state index in [0.29, 0.717) is 5.75 Å². The number of H-pyrrole nitrogens is 1. The number of hydrogen-bond acceptors (Lipinski definition) is 3. The normalized spacial score (nSPS) is 12.6. The Morgan fingerprint density at radius 1 is 1.04 bits per heavy atom. The van der Waals surface area contributed by atoms with Gasteiger partial charge in [-0.1, -0.05) is 30.3 Å². The van der Waals surface area contributed by atoms with Gasteiger partial charge in [-0.3, -0.25) is 0 Å². The van der Waals surface area contributed by atoms with Crippen molar-refractivity contribution in [3.8, 4) is 22.3 Å². The number of benzene rings is 2. The monoisotopic (exact) mass is 378 g/mol. The summed E-state index contributed by atoms with van der Waals surface area (Å²) in [5.74, 6) is 0.475. The van der Waals surface area contributed by atoms with Crippen molar-refractivity contribution in [3.05, 3.63) is 67.1 Å². The molecule has 4 aromatic rings. The molecule has 2 aromatic carbocycles. The molecule has 2 heterocycles. The summed E-state index contributed by atoms with van der Waals surface area (Å²) in [6.45, 7) is -0.213. The van der Waals surface area contributed by atoms with Crippen LogP contribution in [0.15, 0.2) is 72.0 Å². The Balaban J connectivity index is 1.72. The zero-order chi connectivity index (χ0) is 18.8. The van der Waals surface area contributed by atoms with E-state index >= 15 is 0 Å². The van der Waals surface area contributed by atoms with Crippen LogP contribution in [0.25, 0.3) is 33.2 Å². The molecule has 0 radical (unpaired) electrons. The zero-order valence-electron chi connectivity index (χ0n) is 15.1. The molecule has 0 unspecified atom stereocenters. The number of fused-ring (bicyclic) bond motifs is 1. The molecular weight excluding hydrogens is 356 g/mol. The molecule has 1 atom stereocenters. The van der Waals surface area contributed by atoms with Gasteiger partial charge in [0.1, 0.15) is 0 Å². The van der Waals surface area contributed by atoms with E-state index in [0.717, 1.165) is 16.0 Å². The number of para-hydroxylation sites is 1. The van der Waals surface area contributed by atoms with E-state index in [9.17, 15) is 5.11 Å². The Kier molecular flexibility index (Phi) is 5.07. The van der Waals surface area contributed by atoms with Crippen molar-refractivity contribution in [3.63, 3.8) is 0 Å². The lowest BCUT2D eigenvalue weighted by Gasteiger charge is -2.09. The van der Waals surface area contributed by atoms with Gasteiger partial charge in [-0.2, -0.15) is 0 Å². The third-order valence-electron chi connectivity index (χ3n) is 4.73. The maximum atomic E-state index is 9.59. The van der Waals surface area contributed by atoms with Crippen LogP contribution in [0.1, 0.15) is 0 Å². The number of aliphatic hydroxyl groups excluding tert-OH is 2. The van der Waals surface area contributed by atoms with E-state index in [2.05, 4.69) is 59.2 Å². The average Bonchev–Trinajstić information content (AvgIpc) is 3.31. The van der Waals surface area contributed by atoms with Gasteiger partial charge in [0, 0.05) is 63.9 Å². The van der Waals surface area contributed by atoms with Crippen LogP contribution in [0.3, 0.4) is 0 Å². The first kappa shape index (κ1) is 17.9. The maximum absolute atomic E-state index is 9.59. The molecule has 0 amide bonds. The Morgan fingerprint density at radius 2 is 1.85 bits per heavy atom. The van der Waals surface area contributed by atoms with Gasteiger partial charge in [-0.25, -0.2) is 0 Å². The van der Waals surface area contributed by atoms with E-state index in [1.807, 2.05) is 24.5 Å². The summed E-state index contributed by atoms with van der Waals surface area (Å²) in [6.07, 6.45) is 5.56. The number of nitrogens with one attached hydrogen (secondary N) is 1. The van der Waals surface area contributed by atoms with Crippen LogP contribution in [-0.2, 0) is 7.05 Å². The third kappa shape index (κ3) is 3.54. The lowest BCUT2D eigenvalue weighted by molar-refractivity contribution is 0.113. The smallest absolute Gasteiger partial charge is 0.0864 e. The van der Waals surface area contributed by atoms with Crippen molar-refractivity contribution in [2.75, 3.05) is 12.4 Å². The van der Waals surface area contributed by atoms with Crippen molar-refractivity contribution in [2.45, 2.75) is 11.0 Å². The number of aryl methyl sites for hydroxylation is 1. The van der Waals surface area contributed by atoms with Gasteiger partial charge in [0.15, 0.2) is 0 Å². The van der Waals surface area contributed by atoms with Crippen molar-refractivity contribution < 1.29 is 10.2 Å². The second kappa shape index (κ2) is 7.64. The molecule has 0 aliphatic carbocycles. The van der Waals surface area contributed by atoms with E-state index in [4.69, 9.17) is 5.11 Å². The Hall–Kier alpha value is -2.47. The molecule has 0 saturated heterocycles. The fourth-order valence-corrected chi connectivity index (χ4v) is 4.26. The molecule has 0 spiro atoms. The first-order valence-corrected chi connectivity index (χ1v) is 9.89. The highest BCUT2D eigenvalue weighted by molar-refractivity contribution is 7.99. The van der Waals surface area contributed by atoms with Crippen LogP contribution < -0.4 is 0 Å². The summed E-state index contributed by atoms with van der Waals surface area (Å²) in [6, 6.07) is 16.7. The first-order chi connectivity index (χ1) is 13.2. The Labute approximate surface area is 162 Å². The highest BCUT2D eigenvalue weighted by atomic mass is 32.2. The second-order valence-corrected chi connectivity index (χ2v) is 7.72. The lowest BCUT2D eigenvalue weighted by atomic mass is 9.99. The molecule has 0 bridgehead atoms. The third-order valence-corrected chi connectivity index (χ3v) is 5.87. The van der Waals surface area contributed by atoms with Gasteiger partial charge < -0.3 is 19.8 Å². The highest BCUT2D eigenvalue weighted by Crippen LogP contribution is 2.37. The van der Waals surface area contributed by atoms with Crippen LogP contribution in [-0.4, -0.2) is 38.2 Å². The summed E-state index contributed by atoms with van der Waals surface area (Å²) < 4.78 is 2.16. The van der Waals surface area contributed by atoms with Crippen LogP contribution in [0.2, 0.25) is 0 Å². The van der Waals surface area contributed by atoms with Crippen LogP contribution in [0, 0.1) is 0 Å². The number of aromatic nitrogens is 2. The maximum Gasteiger partial charge on any atom is 0.0864 e. The molecule has 0 fully saturated rings. The molecule has 2 aromatic heterocycles. The Bertz CT molecular complexity index is 1070. The quantitative estimate of drug-likeness (QED) is 0.439. The fourth-order valence-electron chi connectivity index (χ4n) is 3.38. The topological polar surface area (TPSA) is 61.2 Å². The van der Waals surface area contributed by atoms with E-state index in [1.165, 1.54) is 22.0 Å². The second-order valence-electron chi connectivity index (χ2n) is 6.63. The molecule has 4 rings (SSSR count). The van der Waals surface area contributed by atoms with Crippen molar-refractivity contribution >= 4 is 22.7 Å². The molecule has 3 N–H and O–H groups in total. The molecule has 0 aliphatic rings. The Morgan fingerprint density at radius 3 is 2.70 bits per heavy atom. The predicted octanol–water partition coefficient (Wildman–Crippen LogP) is 4.29. The van der Waals surface area contributed by atoms with Crippen LogP contribution >= 0.6 is 11.8 Å². The standard InChI is InChI=1S/C22H22N2O2S/c1-24-12-21(18-7-2-3-8-22(18)24)20-11-23-10-19(20)15-5-4-6-17(9-15)27-14-16(26)13-25/h2-12,16,23,25-26H,13-14H2,1H3/t16-/m1/s1. The van der Waals surface area contributed by atoms with Gasteiger partial charge in [0.05, 0.1) is 12.7 Å². The number of aliphatic hydroxyl groups is 2. The molecule has 5 heteroatoms. The molecular formula is C22H22N2O2S. The van der Waals surface area contributed by atoms with Gasteiger partial charge >= 0.3 is 0 Å². The molecule has 0 aliphatic heterocycles. The van der Waals surface area contributed by atoms with E-state index < -0.39 is 6.10 Å². The minimum Gasteiger partial charge on any atom is -0.394 e. The van der Waals surface area contributed by atoms with Crippen molar-refractivity contribution in [1.29, 1.82) is 0 Å². The van der Waals surface area contributed by atoms with Gasteiger partial charge in [0.2, 0.25) is 0 Å². The first-order valence-electron chi connectivity index (χ1n) is 8.90. The zero-order valence-corrected chi connectivity index (χ0v) is 15.9. The highest BCUT2D eigenvalue weighted by Gasteiger charge is 2.14. The predicted molar refractivity (Wildman–Crippen MR) is 112 cm³/mol. The number of rotatable bonds is 6. The minimum absolute atomic E-state index is 0.213. The van der Waals surface area contributed by atoms with Gasteiger partial charge in [0.25, 0.3) is 0 Å². The van der Waals surface area contributed by atoms with Gasteiger partial charge in [-0.15, -0.1) is 11.8 Å². The number of nitrogens with zero attached hydrogens (tertiary/aromatic N) is 1.